The van der Waals surface area contributed by atoms with Crippen molar-refractivity contribution in [3.63, 3.8) is 0 Å². The van der Waals surface area contributed by atoms with Gasteiger partial charge < -0.3 is 15.2 Å². The lowest BCUT2D eigenvalue weighted by atomic mass is 9.83. The van der Waals surface area contributed by atoms with Gasteiger partial charge in [0.1, 0.15) is 0 Å². The molecule has 1 aromatic carbocycles. The molecule has 5 nitrogen and oxygen atoms in total. The highest BCUT2D eigenvalue weighted by atomic mass is 16.5. The Morgan fingerprint density at radius 1 is 1.33 bits per heavy atom. The molecule has 2 aliphatic heterocycles. The molecule has 2 heterocycles. The van der Waals surface area contributed by atoms with Gasteiger partial charge in [-0.05, 0) is 32.3 Å². The summed E-state index contributed by atoms with van der Waals surface area (Å²) in [4.78, 5) is 15.2. The van der Waals surface area contributed by atoms with Gasteiger partial charge in [-0.15, -0.1) is 0 Å². The molecule has 3 rings (SSSR count). The lowest BCUT2D eigenvalue weighted by Gasteiger charge is -2.34. The third-order valence-corrected chi connectivity index (χ3v) is 5.34. The first-order valence-electron chi connectivity index (χ1n) is 8.83. The summed E-state index contributed by atoms with van der Waals surface area (Å²) in [5.41, 5.74) is 0.491. The van der Waals surface area contributed by atoms with Gasteiger partial charge in [0.25, 0.3) is 0 Å². The first kappa shape index (κ1) is 17.4. The van der Waals surface area contributed by atoms with Gasteiger partial charge in [0.2, 0.25) is 5.91 Å². The van der Waals surface area contributed by atoms with E-state index in [-0.39, 0.29) is 24.7 Å². The number of aliphatic hydroxyl groups excluding tert-OH is 1. The van der Waals surface area contributed by atoms with E-state index in [1.165, 1.54) is 0 Å². The Morgan fingerprint density at radius 2 is 2.08 bits per heavy atom. The zero-order chi connectivity index (χ0) is 17.2. The fourth-order valence-corrected chi connectivity index (χ4v) is 3.72. The highest BCUT2D eigenvalue weighted by Gasteiger charge is 2.39. The number of fused-ring (bicyclic) bond motifs is 1. The van der Waals surface area contributed by atoms with E-state index in [2.05, 4.69) is 10.2 Å². The van der Waals surface area contributed by atoms with Crippen LogP contribution in [0.5, 0.6) is 0 Å². The Balaban J connectivity index is 1.58. The van der Waals surface area contributed by atoms with Crippen molar-refractivity contribution < 1.29 is 14.6 Å². The summed E-state index contributed by atoms with van der Waals surface area (Å²) in [5.74, 6) is 0.0753. The predicted octanol–water partition coefficient (Wildman–Crippen LogP) is 1.30. The van der Waals surface area contributed by atoms with Crippen LogP contribution in [0.2, 0.25) is 0 Å². The average Bonchev–Trinajstić information content (AvgIpc) is 2.97. The SMILES string of the molecule is CC(C)(C(=O)N[C@@H]1C[C@H]2CO[C@@H](CCO)CN2C1)c1ccccc1. The van der Waals surface area contributed by atoms with Crippen molar-refractivity contribution >= 4 is 5.91 Å². The van der Waals surface area contributed by atoms with E-state index in [0.29, 0.717) is 19.1 Å². The molecule has 2 N–H and O–H groups in total. The normalized spacial score (nSPS) is 27.7. The number of carbonyl (C=O) groups is 1. The van der Waals surface area contributed by atoms with Crippen molar-refractivity contribution in [2.75, 3.05) is 26.3 Å². The van der Waals surface area contributed by atoms with E-state index in [1.807, 2.05) is 44.2 Å². The van der Waals surface area contributed by atoms with Gasteiger partial charge in [-0.1, -0.05) is 30.3 Å². The molecule has 0 radical (unpaired) electrons. The first-order valence-corrected chi connectivity index (χ1v) is 8.83. The Bertz CT molecular complexity index is 561. The maximum absolute atomic E-state index is 12.8. The van der Waals surface area contributed by atoms with E-state index >= 15 is 0 Å². The van der Waals surface area contributed by atoms with Gasteiger partial charge in [-0.3, -0.25) is 9.69 Å². The van der Waals surface area contributed by atoms with Gasteiger partial charge in [-0.25, -0.2) is 0 Å². The number of nitrogens with zero attached hydrogens (tertiary/aromatic N) is 1. The molecule has 3 atom stereocenters. The molecule has 24 heavy (non-hydrogen) atoms. The molecule has 2 aliphatic rings. The number of ether oxygens (including phenoxy) is 1. The standard InChI is InChI=1S/C19H28N2O3/c1-19(2,14-6-4-3-5-7-14)18(23)20-15-10-16-13-24-17(8-9-22)12-21(16)11-15/h3-7,15-17,22H,8-13H2,1-2H3,(H,20,23)/t15-,16+,17+/m1/s1. The fraction of sp³-hybridized carbons (Fsp3) is 0.632. The topological polar surface area (TPSA) is 61.8 Å². The minimum Gasteiger partial charge on any atom is -0.396 e. The van der Waals surface area contributed by atoms with Crippen LogP contribution in [0.1, 0.15) is 32.3 Å². The lowest BCUT2D eigenvalue weighted by Crippen LogP contribution is -2.47. The van der Waals surface area contributed by atoms with Crippen molar-refractivity contribution in [1.29, 1.82) is 0 Å². The van der Waals surface area contributed by atoms with Crippen molar-refractivity contribution in [1.82, 2.24) is 10.2 Å². The first-order chi connectivity index (χ1) is 11.5. The summed E-state index contributed by atoms with van der Waals surface area (Å²) < 4.78 is 5.81. The summed E-state index contributed by atoms with van der Waals surface area (Å²) in [7, 11) is 0. The highest BCUT2D eigenvalue weighted by Crippen LogP contribution is 2.27. The molecule has 1 aromatic rings. The van der Waals surface area contributed by atoms with E-state index in [9.17, 15) is 4.79 Å². The third-order valence-electron chi connectivity index (χ3n) is 5.34. The molecule has 5 heteroatoms. The molecule has 0 unspecified atom stereocenters. The Morgan fingerprint density at radius 3 is 2.79 bits per heavy atom. The number of hydrogen-bond donors (Lipinski definition) is 2. The molecule has 132 valence electrons. The smallest absolute Gasteiger partial charge is 0.230 e. The molecule has 2 fully saturated rings. The Labute approximate surface area is 144 Å². The summed E-state index contributed by atoms with van der Waals surface area (Å²) >= 11 is 0. The van der Waals surface area contributed by atoms with Crippen LogP contribution < -0.4 is 5.32 Å². The number of hydrogen-bond acceptors (Lipinski definition) is 4. The van der Waals surface area contributed by atoms with Crippen molar-refractivity contribution in [3.05, 3.63) is 35.9 Å². The van der Waals surface area contributed by atoms with E-state index in [1.54, 1.807) is 0 Å². The molecular formula is C19H28N2O3. The van der Waals surface area contributed by atoms with E-state index in [0.717, 1.165) is 25.1 Å². The second kappa shape index (κ2) is 7.21. The number of amides is 1. The molecule has 0 spiro atoms. The maximum Gasteiger partial charge on any atom is 0.230 e. The lowest BCUT2D eigenvalue weighted by molar-refractivity contribution is -0.126. The Kier molecular flexibility index (Phi) is 5.23. The molecular weight excluding hydrogens is 304 g/mol. The third kappa shape index (κ3) is 3.63. The van der Waals surface area contributed by atoms with Crippen LogP contribution in [0.4, 0.5) is 0 Å². The van der Waals surface area contributed by atoms with Gasteiger partial charge >= 0.3 is 0 Å². The van der Waals surface area contributed by atoms with E-state index in [4.69, 9.17) is 9.84 Å². The minimum absolute atomic E-state index is 0.0753. The van der Waals surface area contributed by atoms with Crippen LogP contribution in [-0.2, 0) is 14.9 Å². The van der Waals surface area contributed by atoms with Crippen molar-refractivity contribution in [3.8, 4) is 0 Å². The molecule has 0 bridgehead atoms. The second-order valence-corrected chi connectivity index (χ2v) is 7.47. The monoisotopic (exact) mass is 332 g/mol. The Hall–Kier alpha value is -1.43. The second-order valence-electron chi connectivity index (χ2n) is 7.47. The summed E-state index contributed by atoms with van der Waals surface area (Å²) in [5, 5.41) is 12.3. The number of morpholine rings is 1. The van der Waals surface area contributed by atoms with Crippen LogP contribution in [-0.4, -0.2) is 60.4 Å². The molecule has 0 aromatic heterocycles. The average molecular weight is 332 g/mol. The quantitative estimate of drug-likeness (QED) is 0.853. The predicted molar refractivity (Wildman–Crippen MR) is 92.8 cm³/mol. The maximum atomic E-state index is 12.8. The van der Waals surface area contributed by atoms with Crippen LogP contribution >= 0.6 is 0 Å². The molecule has 1 amide bonds. The van der Waals surface area contributed by atoms with Gasteiger partial charge in [-0.2, -0.15) is 0 Å². The number of rotatable bonds is 5. The van der Waals surface area contributed by atoms with Gasteiger partial charge in [0.15, 0.2) is 0 Å². The minimum atomic E-state index is -0.541. The number of nitrogens with one attached hydrogen (secondary N) is 1. The van der Waals surface area contributed by atoms with E-state index < -0.39 is 5.41 Å². The zero-order valence-corrected chi connectivity index (χ0v) is 14.6. The number of benzene rings is 1. The van der Waals surface area contributed by atoms with Crippen LogP contribution in [0, 0.1) is 0 Å². The van der Waals surface area contributed by atoms with Crippen molar-refractivity contribution in [2.24, 2.45) is 0 Å². The summed E-state index contributed by atoms with van der Waals surface area (Å²) in [6.07, 6.45) is 1.73. The number of carbonyl (C=O) groups excluding carboxylic acids is 1. The highest BCUT2D eigenvalue weighted by molar-refractivity contribution is 5.87. The number of aliphatic hydroxyl groups is 1. The largest absolute Gasteiger partial charge is 0.396 e. The molecule has 2 saturated heterocycles. The summed E-state index contributed by atoms with van der Waals surface area (Å²) in [6.45, 7) is 6.51. The van der Waals surface area contributed by atoms with Crippen LogP contribution in [0.15, 0.2) is 30.3 Å². The van der Waals surface area contributed by atoms with Crippen molar-refractivity contribution in [2.45, 2.75) is 50.3 Å². The molecule has 0 saturated carbocycles. The fourth-order valence-electron chi connectivity index (χ4n) is 3.72. The zero-order valence-electron chi connectivity index (χ0n) is 14.6. The summed E-state index contributed by atoms with van der Waals surface area (Å²) in [6, 6.07) is 10.5. The van der Waals surface area contributed by atoms with Crippen LogP contribution in [0.25, 0.3) is 0 Å². The molecule has 0 aliphatic carbocycles. The van der Waals surface area contributed by atoms with Gasteiger partial charge in [0.05, 0.1) is 18.1 Å². The van der Waals surface area contributed by atoms with Crippen LogP contribution in [0.3, 0.4) is 0 Å². The van der Waals surface area contributed by atoms with Gasteiger partial charge in [0, 0.05) is 31.8 Å².